The predicted molar refractivity (Wildman–Crippen MR) is 99.8 cm³/mol. The van der Waals surface area contributed by atoms with Gasteiger partial charge in [-0.15, -0.1) is 11.3 Å². The van der Waals surface area contributed by atoms with E-state index in [1.54, 1.807) is 14.1 Å². The van der Waals surface area contributed by atoms with Gasteiger partial charge < -0.3 is 15.5 Å². The van der Waals surface area contributed by atoms with Crippen molar-refractivity contribution in [1.29, 1.82) is 0 Å². The molecule has 1 heterocycles. The number of carbonyl (C=O) groups is 1. The lowest BCUT2D eigenvalue weighted by Crippen LogP contribution is -2.45. The van der Waals surface area contributed by atoms with E-state index in [2.05, 4.69) is 20.6 Å². The molecule has 27 heavy (non-hydrogen) atoms. The third kappa shape index (κ3) is 7.36. The Balaban J connectivity index is 1.91. The van der Waals surface area contributed by atoms with Gasteiger partial charge in [-0.05, 0) is 12.8 Å². The van der Waals surface area contributed by atoms with Crippen molar-refractivity contribution < 1.29 is 18.0 Å². The first-order valence-electron chi connectivity index (χ1n) is 9.02. The van der Waals surface area contributed by atoms with Crippen molar-refractivity contribution in [2.24, 2.45) is 4.99 Å². The topological polar surface area (TPSA) is 69.6 Å². The number of hydrogen-bond donors (Lipinski definition) is 2. The summed E-state index contributed by atoms with van der Waals surface area (Å²) in [5.41, 5.74) is -0.853. The van der Waals surface area contributed by atoms with Gasteiger partial charge in [0.25, 0.3) is 0 Å². The predicted octanol–water partition coefficient (Wildman–Crippen LogP) is 2.66. The van der Waals surface area contributed by atoms with Crippen molar-refractivity contribution in [2.45, 2.75) is 50.7 Å². The molecule has 0 unspecified atom stereocenters. The number of halogens is 3. The summed E-state index contributed by atoms with van der Waals surface area (Å²) in [5.74, 6) is 0.402. The maximum Gasteiger partial charge on any atom is 0.434 e. The van der Waals surface area contributed by atoms with Crippen molar-refractivity contribution in [3.63, 3.8) is 0 Å². The Kier molecular flexibility index (Phi) is 7.88. The summed E-state index contributed by atoms with van der Waals surface area (Å²) >= 11 is 0.994. The van der Waals surface area contributed by atoms with E-state index in [0.29, 0.717) is 30.0 Å². The van der Waals surface area contributed by atoms with Gasteiger partial charge in [-0.3, -0.25) is 4.79 Å². The van der Waals surface area contributed by atoms with E-state index in [1.165, 1.54) is 11.3 Å². The Morgan fingerprint density at radius 3 is 2.63 bits per heavy atom. The van der Waals surface area contributed by atoms with E-state index in [1.807, 2.05) is 0 Å². The number of nitrogens with zero attached hydrogens (tertiary/aromatic N) is 3. The number of alkyl halides is 3. The molecule has 10 heteroatoms. The number of carbonyl (C=O) groups excluding carboxylic acids is 1. The highest BCUT2D eigenvalue weighted by molar-refractivity contribution is 7.09. The maximum atomic E-state index is 12.6. The minimum absolute atomic E-state index is 0.0184. The molecule has 6 nitrogen and oxygen atoms in total. The van der Waals surface area contributed by atoms with Crippen LogP contribution in [0.4, 0.5) is 13.2 Å². The molecular formula is C17H26F3N5OS. The number of likely N-dealkylation sites (N-methyl/N-ethyl adjacent to an activating group) is 1. The van der Waals surface area contributed by atoms with Crippen LogP contribution in [0, 0.1) is 0 Å². The average Bonchev–Trinajstić information content (AvgIpc) is 3.09. The molecule has 1 aliphatic carbocycles. The maximum absolute atomic E-state index is 12.6. The largest absolute Gasteiger partial charge is 0.434 e. The van der Waals surface area contributed by atoms with Crippen molar-refractivity contribution in [1.82, 2.24) is 20.5 Å². The van der Waals surface area contributed by atoms with Gasteiger partial charge in [0.2, 0.25) is 5.91 Å². The lowest BCUT2D eigenvalue weighted by atomic mass is 9.96. The van der Waals surface area contributed by atoms with Gasteiger partial charge in [0, 0.05) is 38.5 Å². The second-order valence-electron chi connectivity index (χ2n) is 6.73. The summed E-state index contributed by atoms with van der Waals surface area (Å²) in [7, 11) is 3.33. The summed E-state index contributed by atoms with van der Waals surface area (Å²) in [6.45, 7) is 0.407. The second kappa shape index (κ2) is 9.91. The van der Waals surface area contributed by atoms with E-state index in [0.717, 1.165) is 42.4 Å². The molecule has 1 aromatic heterocycles. The molecule has 1 amide bonds. The third-order valence-electron chi connectivity index (χ3n) is 4.29. The van der Waals surface area contributed by atoms with Crippen LogP contribution in [0.3, 0.4) is 0 Å². The van der Waals surface area contributed by atoms with Crippen LogP contribution >= 0.6 is 11.3 Å². The molecule has 0 aromatic carbocycles. The van der Waals surface area contributed by atoms with Crippen LogP contribution in [0.5, 0.6) is 0 Å². The molecule has 0 atom stereocenters. The third-order valence-corrected chi connectivity index (χ3v) is 5.20. The smallest absolute Gasteiger partial charge is 0.356 e. The van der Waals surface area contributed by atoms with E-state index in [-0.39, 0.29) is 12.5 Å². The van der Waals surface area contributed by atoms with Crippen molar-refractivity contribution in [3.05, 3.63) is 16.1 Å². The van der Waals surface area contributed by atoms with Crippen molar-refractivity contribution in [2.75, 3.05) is 27.2 Å². The number of guanidine groups is 1. The molecule has 0 radical (unpaired) electrons. The molecule has 0 bridgehead atoms. The lowest BCUT2D eigenvalue weighted by molar-refractivity contribution is -0.140. The van der Waals surface area contributed by atoms with Crippen molar-refractivity contribution in [3.8, 4) is 0 Å². The first-order valence-corrected chi connectivity index (χ1v) is 9.90. The van der Waals surface area contributed by atoms with Crippen LogP contribution in [0.1, 0.15) is 42.8 Å². The van der Waals surface area contributed by atoms with Crippen molar-refractivity contribution >= 4 is 23.2 Å². The summed E-state index contributed by atoms with van der Waals surface area (Å²) in [5, 5.41) is 7.89. The number of amides is 1. The summed E-state index contributed by atoms with van der Waals surface area (Å²) < 4.78 is 37.9. The summed E-state index contributed by atoms with van der Waals surface area (Å²) in [6.07, 6.45) is 1.57. The summed E-state index contributed by atoms with van der Waals surface area (Å²) in [4.78, 5) is 21.2. The highest BCUT2D eigenvalue weighted by Gasteiger charge is 2.33. The monoisotopic (exact) mass is 405 g/mol. The highest BCUT2D eigenvalue weighted by atomic mass is 32.1. The molecule has 1 aromatic rings. The van der Waals surface area contributed by atoms with Gasteiger partial charge in [0.1, 0.15) is 6.54 Å². The lowest BCUT2D eigenvalue weighted by Gasteiger charge is -2.25. The van der Waals surface area contributed by atoms with Crippen LogP contribution in [-0.2, 0) is 17.4 Å². The number of nitrogens with one attached hydrogen (secondary N) is 2. The average molecular weight is 405 g/mol. The van der Waals surface area contributed by atoms with Crippen LogP contribution in [-0.4, -0.2) is 55.0 Å². The molecule has 1 aliphatic rings. The molecular weight excluding hydrogens is 379 g/mol. The van der Waals surface area contributed by atoms with E-state index >= 15 is 0 Å². The zero-order valence-corrected chi connectivity index (χ0v) is 16.4. The number of thiazole rings is 1. The Morgan fingerprint density at radius 1 is 1.33 bits per heavy atom. The Hall–Kier alpha value is -1.84. The molecule has 0 aliphatic heterocycles. The second-order valence-corrected chi connectivity index (χ2v) is 7.68. The van der Waals surface area contributed by atoms with Gasteiger partial charge in [-0.1, -0.05) is 19.3 Å². The minimum Gasteiger partial charge on any atom is -0.356 e. The number of aliphatic imine (C=N–C) groups is 1. The Labute approximate surface area is 161 Å². The van der Waals surface area contributed by atoms with E-state index in [4.69, 9.17) is 0 Å². The van der Waals surface area contributed by atoms with Crippen LogP contribution in [0.2, 0.25) is 0 Å². The van der Waals surface area contributed by atoms with Gasteiger partial charge >= 0.3 is 6.18 Å². The minimum atomic E-state index is -4.41. The number of rotatable bonds is 6. The Morgan fingerprint density at radius 2 is 2.04 bits per heavy atom. The van der Waals surface area contributed by atoms with Crippen LogP contribution in [0.25, 0.3) is 0 Å². The fraction of sp³-hybridized carbons (Fsp3) is 0.706. The molecule has 1 fully saturated rings. The molecule has 0 saturated heterocycles. The molecule has 2 N–H and O–H groups in total. The standard InChI is InChI=1S/C17H26F3N5OS/c1-25(2)15(26)10-22-16(23-12-6-4-3-5-7-12)21-9-8-14-24-13(11-27-14)17(18,19)20/h11-12H,3-10H2,1-2H3,(H2,21,22,23). The zero-order valence-electron chi connectivity index (χ0n) is 15.6. The number of aromatic nitrogens is 1. The SMILES string of the molecule is CN(C)C(=O)CN=C(NCCc1nc(C(F)(F)F)cs1)NC1CCCCC1. The molecule has 152 valence electrons. The van der Waals surface area contributed by atoms with Crippen LogP contribution in [0.15, 0.2) is 10.4 Å². The highest BCUT2D eigenvalue weighted by Crippen LogP contribution is 2.30. The van der Waals surface area contributed by atoms with E-state index in [9.17, 15) is 18.0 Å². The summed E-state index contributed by atoms with van der Waals surface area (Å²) in [6, 6.07) is 0.302. The van der Waals surface area contributed by atoms with Crippen LogP contribution < -0.4 is 10.6 Å². The van der Waals surface area contributed by atoms with Gasteiger partial charge in [-0.25, -0.2) is 9.98 Å². The van der Waals surface area contributed by atoms with Gasteiger partial charge in [-0.2, -0.15) is 13.2 Å². The van der Waals surface area contributed by atoms with Gasteiger partial charge in [0.05, 0.1) is 5.01 Å². The Bertz CT molecular complexity index is 639. The first kappa shape index (κ1) is 21.5. The number of hydrogen-bond acceptors (Lipinski definition) is 4. The fourth-order valence-corrected chi connectivity index (χ4v) is 3.53. The quantitative estimate of drug-likeness (QED) is 0.564. The van der Waals surface area contributed by atoms with E-state index < -0.39 is 11.9 Å². The normalized spacial score (nSPS) is 16.3. The molecule has 2 rings (SSSR count). The molecule has 1 saturated carbocycles. The fourth-order valence-electron chi connectivity index (χ4n) is 2.72. The zero-order chi connectivity index (χ0) is 19.9. The van der Waals surface area contributed by atoms with Gasteiger partial charge in [0.15, 0.2) is 11.7 Å². The first-order chi connectivity index (χ1) is 12.8. The molecule has 0 spiro atoms.